The van der Waals surface area contributed by atoms with Gasteiger partial charge in [-0.2, -0.15) is 4.68 Å². The van der Waals surface area contributed by atoms with Crippen molar-refractivity contribution in [1.29, 1.82) is 0 Å². The lowest BCUT2D eigenvalue weighted by molar-refractivity contribution is -0.389. The van der Waals surface area contributed by atoms with Crippen LogP contribution in [0.25, 0.3) is 15.9 Å². The Morgan fingerprint density at radius 1 is 1.39 bits per heavy atom. The summed E-state index contributed by atoms with van der Waals surface area (Å²) in [7, 11) is 0. The fourth-order valence-corrected chi connectivity index (χ4v) is 5.27. The van der Waals surface area contributed by atoms with Gasteiger partial charge in [0.15, 0.2) is 11.5 Å². The minimum atomic E-state index is -0.491. The molecule has 4 heterocycles. The lowest BCUT2D eigenvalue weighted by Gasteiger charge is -2.20. The number of thiophene rings is 1. The van der Waals surface area contributed by atoms with Gasteiger partial charge in [0.1, 0.15) is 17.7 Å². The van der Waals surface area contributed by atoms with Gasteiger partial charge in [0.25, 0.3) is 0 Å². The van der Waals surface area contributed by atoms with Gasteiger partial charge in [0.05, 0.1) is 22.2 Å². The van der Waals surface area contributed by atoms with Crippen LogP contribution in [0.2, 0.25) is 0 Å². The summed E-state index contributed by atoms with van der Waals surface area (Å²) in [4.78, 5) is 22.2. The van der Waals surface area contributed by atoms with Crippen LogP contribution in [0.15, 0.2) is 12.4 Å². The Labute approximate surface area is 164 Å². The smallest absolute Gasteiger partial charge is 0.358 e. The number of hydrogen-bond acceptors (Lipinski definition) is 7. The van der Waals surface area contributed by atoms with Gasteiger partial charge < -0.3 is 10.1 Å². The molecule has 0 radical (unpaired) electrons. The van der Waals surface area contributed by atoms with Crippen molar-refractivity contribution in [3.05, 3.63) is 44.5 Å². The van der Waals surface area contributed by atoms with Gasteiger partial charge in [0.2, 0.25) is 0 Å². The SMILES string of the molecule is CC[C@@H]1CCc2c(sc3ncn4nc(Cn5nc([N+](=O)[O-])cc5C)nc4c23)C1. The Kier molecular flexibility index (Phi) is 3.90. The quantitative estimate of drug-likeness (QED) is 0.386. The number of aromatic nitrogens is 6. The lowest BCUT2D eigenvalue weighted by Crippen LogP contribution is -2.11. The van der Waals surface area contributed by atoms with Crippen molar-refractivity contribution >= 4 is 33.0 Å². The molecule has 0 amide bonds. The van der Waals surface area contributed by atoms with Crippen LogP contribution in [-0.4, -0.2) is 34.3 Å². The van der Waals surface area contributed by atoms with Gasteiger partial charge in [-0.05, 0) is 42.6 Å². The third kappa shape index (κ3) is 2.67. The predicted octanol–water partition coefficient (Wildman–Crippen LogP) is 3.32. The van der Waals surface area contributed by atoms with Gasteiger partial charge in [-0.15, -0.1) is 16.4 Å². The highest BCUT2D eigenvalue weighted by Crippen LogP contribution is 2.39. The van der Waals surface area contributed by atoms with Crippen LogP contribution in [0.4, 0.5) is 5.82 Å². The first-order valence-corrected chi connectivity index (χ1v) is 10.2. The van der Waals surface area contributed by atoms with Crippen LogP contribution >= 0.6 is 11.3 Å². The molecule has 0 unspecified atom stereocenters. The fourth-order valence-electron chi connectivity index (χ4n) is 3.98. The second kappa shape index (κ2) is 6.33. The van der Waals surface area contributed by atoms with Crippen molar-refractivity contribution in [2.75, 3.05) is 0 Å². The normalized spacial score (nSPS) is 16.7. The van der Waals surface area contributed by atoms with E-state index in [4.69, 9.17) is 4.98 Å². The summed E-state index contributed by atoms with van der Waals surface area (Å²) in [6.45, 7) is 4.33. The van der Waals surface area contributed by atoms with Crippen LogP contribution in [0.5, 0.6) is 0 Å². The van der Waals surface area contributed by atoms with Crippen molar-refractivity contribution in [3.8, 4) is 0 Å². The zero-order valence-corrected chi connectivity index (χ0v) is 16.4. The van der Waals surface area contributed by atoms with E-state index in [1.54, 1.807) is 33.8 Å². The average Bonchev–Trinajstić information content (AvgIpc) is 3.35. The first kappa shape index (κ1) is 17.2. The van der Waals surface area contributed by atoms with Crippen LogP contribution in [-0.2, 0) is 19.4 Å². The molecule has 0 saturated carbocycles. The molecule has 4 aromatic heterocycles. The summed E-state index contributed by atoms with van der Waals surface area (Å²) in [5.74, 6) is 1.16. The fraction of sp³-hybridized carbons (Fsp3) is 0.444. The number of aryl methyl sites for hydroxylation is 2. The second-order valence-electron chi connectivity index (χ2n) is 7.30. The zero-order chi connectivity index (χ0) is 19.4. The molecule has 144 valence electrons. The molecule has 1 atom stereocenters. The molecule has 0 fully saturated rings. The van der Waals surface area contributed by atoms with Gasteiger partial charge in [0, 0.05) is 4.88 Å². The molecular formula is C18H19N7O2S. The Morgan fingerprint density at radius 2 is 2.25 bits per heavy atom. The number of rotatable bonds is 4. The molecule has 28 heavy (non-hydrogen) atoms. The topological polar surface area (TPSA) is 104 Å². The monoisotopic (exact) mass is 397 g/mol. The zero-order valence-electron chi connectivity index (χ0n) is 15.6. The molecule has 1 aliphatic rings. The van der Waals surface area contributed by atoms with E-state index in [0.717, 1.165) is 34.6 Å². The molecule has 4 aromatic rings. The van der Waals surface area contributed by atoms with E-state index in [1.165, 1.54) is 29.3 Å². The largest absolute Gasteiger partial charge is 0.390 e. The Bertz CT molecular complexity index is 1220. The van der Waals surface area contributed by atoms with Crippen LogP contribution in [0, 0.1) is 23.0 Å². The first-order chi connectivity index (χ1) is 13.5. The summed E-state index contributed by atoms with van der Waals surface area (Å²) in [5, 5.41) is 20.6. The number of nitro groups is 1. The maximum atomic E-state index is 10.9. The molecule has 0 bridgehead atoms. The van der Waals surface area contributed by atoms with Crippen molar-refractivity contribution < 1.29 is 4.92 Å². The van der Waals surface area contributed by atoms with Crippen molar-refractivity contribution in [3.63, 3.8) is 0 Å². The summed E-state index contributed by atoms with van der Waals surface area (Å²) in [6, 6.07) is 1.45. The molecule has 0 spiro atoms. The third-order valence-electron chi connectivity index (χ3n) is 5.56. The van der Waals surface area contributed by atoms with Gasteiger partial charge in [-0.25, -0.2) is 14.5 Å². The Morgan fingerprint density at radius 3 is 3.00 bits per heavy atom. The average molecular weight is 397 g/mol. The van der Waals surface area contributed by atoms with E-state index in [1.807, 2.05) is 0 Å². The maximum Gasteiger partial charge on any atom is 0.390 e. The summed E-state index contributed by atoms with van der Waals surface area (Å²) in [6.07, 6.45) is 6.29. The van der Waals surface area contributed by atoms with Gasteiger partial charge in [-0.1, -0.05) is 13.3 Å². The molecular weight excluding hydrogens is 378 g/mol. The van der Waals surface area contributed by atoms with Crippen LogP contribution in [0.1, 0.15) is 41.7 Å². The summed E-state index contributed by atoms with van der Waals surface area (Å²) in [5.41, 5.74) is 2.88. The molecule has 9 nitrogen and oxygen atoms in total. The minimum absolute atomic E-state index is 0.164. The maximum absolute atomic E-state index is 10.9. The van der Waals surface area contributed by atoms with E-state index in [-0.39, 0.29) is 12.4 Å². The highest BCUT2D eigenvalue weighted by molar-refractivity contribution is 7.19. The van der Waals surface area contributed by atoms with Crippen LogP contribution < -0.4 is 0 Å². The standard InChI is InChI=1S/C18H19N7O2S/c1-3-11-4-5-12-13(7-11)28-18-16(12)17-20-14(21-24(17)9-19-18)8-23-10(2)6-15(22-23)25(26)27/h6,9,11H,3-5,7-8H2,1-2H3/t11-/m1/s1. The number of hydrogen-bond donors (Lipinski definition) is 0. The highest BCUT2D eigenvalue weighted by atomic mass is 32.1. The van der Waals surface area contributed by atoms with Crippen molar-refractivity contribution in [2.45, 2.75) is 46.1 Å². The van der Waals surface area contributed by atoms with E-state index in [0.29, 0.717) is 11.5 Å². The van der Waals surface area contributed by atoms with E-state index in [9.17, 15) is 10.1 Å². The second-order valence-corrected chi connectivity index (χ2v) is 8.38. The predicted molar refractivity (Wildman–Crippen MR) is 105 cm³/mol. The molecule has 0 aromatic carbocycles. The minimum Gasteiger partial charge on any atom is -0.358 e. The van der Waals surface area contributed by atoms with Gasteiger partial charge in [-0.3, -0.25) is 0 Å². The van der Waals surface area contributed by atoms with E-state index < -0.39 is 4.92 Å². The Balaban J connectivity index is 1.57. The molecule has 1 aliphatic carbocycles. The van der Waals surface area contributed by atoms with Gasteiger partial charge >= 0.3 is 5.82 Å². The molecule has 0 aliphatic heterocycles. The number of fused-ring (bicyclic) bond motifs is 5. The van der Waals surface area contributed by atoms with E-state index >= 15 is 0 Å². The summed E-state index contributed by atoms with van der Waals surface area (Å²) < 4.78 is 3.27. The van der Waals surface area contributed by atoms with Crippen molar-refractivity contribution in [2.24, 2.45) is 5.92 Å². The third-order valence-corrected chi connectivity index (χ3v) is 6.72. The first-order valence-electron chi connectivity index (χ1n) is 9.36. The molecule has 5 rings (SSSR count). The van der Waals surface area contributed by atoms with E-state index in [2.05, 4.69) is 22.1 Å². The lowest BCUT2D eigenvalue weighted by atomic mass is 9.86. The molecule has 10 heteroatoms. The molecule has 0 N–H and O–H groups in total. The van der Waals surface area contributed by atoms with Crippen molar-refractivity contribution in [1.82, 2.24) is 29.4 Å². The molecule has 0 saturated heterocycles. The Hall–Kier alpha value is -2.88. The van der Waals surface area contributed by atoms with Crippen LogP contribution in [0.3, 0.4) is 0 Å². The number of nitrogens with zero attached hydrogens (tertiary/aromatic N) is 7. The highest BCUT2D eigenvalue weighted by Gasteiger charge is 2.25. The summed E-state index contributed by atoms with van der Waals surface area (Å²) >= 11 is 1.77.